The molecule has 4 rings (SSSR count). The molecule has 2 aromatic heterocycles. The lowest BCUT2D eigenvalue weighted by molar-refractivity contribution is -0.235. The first kappa shape index (κ1) is 26.8. The summed E-state index contributed by atoms with van der Waals surface area (Å²) in [6.45, 7) is 0.613. The largest absolute Gasteiger partial charge is 0.394 e. The number of benzene rings is 1. The summed E-state index contributed by atoms with van der Waals surface area (Å²) in [6, 6.07) is 4.62. The molecule has 3 heterocycles. The number of hydrogen-bond donors (Lipinski definition) is 4. The van der Waals surface area contributed by atoms with Crippen LogP contribution in [0.3, 0.4) is 0 Å². The number of aryl methyl sites for hydroxylation is 1. The van der Waals surface area contributed by atoms with E-state index in [-0.39, 0.29) is 5.69 Å². The van der Waals surface area contributed by atoms with Crippen molar-refractivity contribution in [2.24, 2.45) is 5.73 Å². The molecule has 13 nitrogen and oxygen atoms in total. The first-order valence-electron chi connectivity index (χ1n) is 12.0. The minimum Gasteiger partial charge on any atom is -0.394 e. The number of unbranched alkanes of at least 4 members (excludes halogenated alkanes) is 2. The molecule has 0 spiro atoms. The molecular formula is C23H31FN8O5. The van der Waals surface area contributed by atoms with Crippen LogP contribution in [0.4, 0.5) is 4.39 Å². The lowest BCUT2D eigenvalue weighted by Crippen LogP contribution is -2.61. The molecule has 0 aliphatic carbocycles. The van der Waals surface area contributed by atoms with E-state index in [1.54, 1.807) is 10.7 Å². The third kappa shape index (κ3) is 5.83. The van der Waals surface area contributed by atoms with E-state index < -0.39 is 48.9 Å². The molecule has 1 fully saturated rings. The average molecular weight is 519 g/mol. The van der Waals surface area contributed by atoms with Crippen LogP contribution < -0.4 is 5.73 Å². The molecule has 1 amide bonds. The Bertz CT molecular complexity index is 1190. The first-order valence-corrected chi connectivity index (χ1v) is 12.0. The maximum absolute atomic E-state index is 13.7. The van der Waals surface area contributed by atoms with E-state index in [9.17, 15) is 24.5 Å². The molecule has 5 atom stereocenters. The van der Waals surface area contributed by atoms with E-state index >= 15 is 0 Å². The molecule has 3 aromatic rings. The molecule has 1 aliphatic heterocycles. The molecule has 1 saturated heterocycles. The summed E-state index contributed by atoms with van der Waals surface area (Å²) in [5, 5.41) is 47.8. The van der Waals surface area contributed by atoms with Gasteiger partial charge < -0.3 is 30.7 Å². The van der Waals surface area contributed by atoms with Gasteiger partial charge in [0.15, 0.2) is 11.9 Å². The summed E-state index contributed by atoms with van der Waals surface area (Å²) < 4.78 is 22.1. The van der Waals surface area contributed by atoms with Gasteiger partial charge in [-0.05, 0) is 31.5 Å². The fourth-order valence-electron chi connectivity index (χ4n) is 4.31. The molecule has 14 heteroatoms. The first-order chi connectivity index (χ1) is 17.8. The molecule has 1 aliphatic rings. The van der Waals surface area contributed by atoms with Crippen molar-refractivity contribution in [1.82, 2.24) is 34.9 Å². The second kappa shape index (κ2) is 11.8. The zero-order chi connectivity index (χ0) is 26.5. The smallest absolute Gasteiger partial charge is 0.277 e. The van der Waals surface area contributed by atoms with E-state index in [4.69, 9.17) is 10.5 Å². The zero-order valence-corrected chi connectivity index (χ0v) is 20.3. The Balaban J connectivity index is 1.52. The minimum atomic E-state index is -1.46. The van der Waals surface area contributed by atoms with Crippen LogP contribution in [0, 0.1) is 5.82 Å². The van der Waals surface area contributed by atoms with Gasteiger partial charge in [0.25, 0.3) is 5.91 Å². The van der Waals surface area contributed by atoms with E-state index in [2.05, 4.69) is 20.6 Å². The van der Waals surface area contributed by atoms with Crippen molar-refractivity contribution in [3.63, 3.8) is 0 Å². The summed E-state index contributed by atoms with van der Waals surface area (Å²) in [4.78, 5) is 14.3. The molecule has 2 unspecified atom stereocenters. The van der Waals surface area contributed by atoms with Crippen LogP contribution >= 0.6 is 0 Å². The third-order valence-electron chi connectivity index (χ3n) is 6.35. The molecule has 1 aromatic carbocycles. The normalized spacial score (nSPS) is 23.8. The number of hydrogen-bond acceptors (Lipinski definition) is 10. The summed E-state index contributed by atoms with van der Waals surface area (Å²) in [7, 11) is 1.42. The van der Waals surface area contributed by atoms with Crippen LogP contribution in [0.5, 0.6) is 0 Å². The standard InChI is InChI=1S/C23H31FN8O5/c1-30(22(36)17-11-31(28-27-17)9-4-2-3-8-25)23-21(35)19(20(34)18(13-33)37-23)32-12-16(26-29-32)14-6-5-7-15(24)10-14/h5-7,10-12,18-21,23,33-35H,2-4,8-9,13,25H2,1H3/t18?,19-,20-,21?,23+/m0/s1. The molecular weight excluding hydrogens is 487 g/mol. The Morgan fingerprint density at radius 2 is 1.97 bits per heavy atom. The minimum absolute atomic E-state index is 0.0505. The SMILES string of the molecule is CN(C(=O)c1cn(CCCCCN)nn1)[C@@H]1OC(CO)[C@H](O)[C@H](n2cc(-c3cccc(F)c3)nn2)C1O. The van der Waals surface area contributed by atoms with Crippen LogP contribution in [-0.2, 0) is 11.3 Å². The highest BCUT2D eigenvalue weighted by molar-refractivity contribution is 5.91. The topological polar surface area (TPSA) is 178 Å². The monoisotopic (exact) mass is 518 g/mol. The highest BCUT2D eigenvalue weighted by Crippen LogP contribution is 2.32. The predicted molar refractivity (Wildman–Crippen MR) is 127 cm³/mol. The van der Waals surface area contributed by atoms with E-state index in [0.717, 1.165) is 24.2 Å². The quantitative estimate of drug-likeness (QED) is 0.257. The highest BCUT2D eigenvalue weighted by Gasteiger charge is 2.48. The maximum atomic E-state index is 13.7. The second-order valence-electron chi connectivity index (χ2n) is 8.95. The maximum Gasteiger partial charge on any atom is 0.277 e. The van der Waals surface area contributed by atoms with Crippen molar-refractivity contribution in [2.75, 3.05) is 20.2 Å². The van der Waals surface area contributed by atoms with Gasteiger partial charge in [0.2, 0.25) is 0 Å². The molecule has 0 saturated carbocycles. The van der Waals surface area contributed by atoms with Gasteiger partial charge in [-0.3, -0.25) is 9.48 Å². The van der Waals surface area contributed by atoms with Gasteiger partial charge in [-0.15, -0.1) is 10.2 Å². The molecule has 0 radical (unpaired) electrons. The Morgan fingerprint density at radius 3 is 2.70 bits per heavy atom. The number of nitrogens with two attached hydrogens (primary N) is 1. The number of aliphatic hydroxyl groups excluding tert-OH is 3. The Labute approximate surface area is 212 Å². The van der Waals surface area contributed by atoms with Gasteiger partial charge in [-0.2, -0.15) is 0 Å². The number of nitrogens with zero attached hydrogens (tertiary/aromatic N) is 7. The van der Waals surface area contributed by atoms with Crippen molar-refractivity contribution < 1.29 is 29.2 Å². The average Bonchev–Trinajstić information content (AvgIpc) is 3.57. The summed E-state index contributed by atoms with van der Waals surface area (Å²) in [5.74, 6) is -1.02. The number of aliphatic hydroxyl groups is 3. The summed E-state index contributed by atoms with van der Waals surface area (Å²) in [6.07, 6.45) is 0.392. The lowest BCUT2D eigenvalue weighted by Gasteiger charge is -2.44. The molecule has 37 heavy (non-hydrogen) atoms. The van der Waals surface area contributed by atoms with Gasteiger partial charge >= 0.3 is 0 Å². The van der Waals surface area contributed by atoms with Gasteiger partial charge in [0.1, 0.15) is 35.9 Å². The number of likely N-dealkylation sites (N-methyl/N-ethyl adjacent to an activating group) is 1. The van der Waals surface area contributed by atoms with Crippen molar-refractivity contribution >= 4 is 5.91 Å². The highest BCUT2D eigenvalue weighted by atomic mass is 19.1. The molecule has 5 N–H and O–H groups in total. The van der Waals surface area contributed by atoms with Crippen LogP contribution in [-0.4, -0.2) is 101 Å². The Hall–Kier alpha value is -3.30. The number of carbonyl (C=O) groups is 1. The summed E-state index contributed by atoms with van der Waals surface area (Å²) in [5.41, 5.74) is 6.32. The van der Waals surface area contributed by atoms with Crippen molar-refractivity contribution in [3.8, 4) is 11.3 Å². The van der Waals surface area contributed by atoms with Gasteiger partial charge in [0, 0.05) is 19.2 Å². The Morgan fingerprint density at radius 1 is 1.16 bits per heavy atom. The van der Waals surface area contributed by atoms with Gasteiger partial charge in [-0.25, -0.2) is 9.07 Å². The molecule has 200 valence electrons. The lowest BCUT2D eigenvalue weighted by atomic mass is 9.95. The Kier molecular flexibility index (Phi) is 8.56. The fraction of sp³-hybridized carbons (Fsp3) is 0.522. The van der Waals surface area contributed by atoms with E-state index in [1.807, 2.05) is 0 Å². The third-order valence-corrected chi connectivity index (χ3v) is 6.35. The number of ether oxygens (including phenoxy) is 1. The van der Waals surface area contributed by atoms with Crippen LogP contribution in [0.1, 0.15) is 35.8 Å². The van der Waals surface area contributed by atoms with E-state index in [1.165, 1.54) is 42.3 Å². The van der Waals surface area contributed by atoms with Crippen LogP contribution in [0.15, 0.2) is 36.7 Å². The number of amides is 1. The zero-order valence-electron chi connectivity index (χ0n) is 20.3. The predicted octanol–water partition coefficient (Wildman–Crippen LogP) is -0.443. The van der Waals surface area contributed by atoms with E-state index in [0.29, 0.717) is 24.3 Å². The number of rotatable bonds is 10. The molecule has 0 bridgehead atoms. The summed E-state index contributed by atoms with van der Waals surface area (Å²) >= 11 is 0. The van der Waals surface area contributed by atoms with Crippen molar-refractivity contribution in [2.45, 2.75) is 56.4 Å². The second-order valence-corrected chi connectivity index (χ2v) is 8.95. The van der Waals surface area contributed by atoms with Crippen molar-refractivity contribution in [1.29, 1.82) is 0 Å². The van der Waals surface area contributed by atoms with Gasteiger partial charge in [0.05, 0.1) is 19.0 Å². The van der Waals surface area contributed by atoms with Crippen molar-refractivity contribution in [3.05, 3.63) is 48.2 Å². The number of aromatic nitrogens is 6. The number of carbonyl (C=O) groups excluding carboxylic acids is 1. The number of halogens is 1. The van der Waals surface area contributed by atoms with Gasteiger partial charge in [-0.1, -0.05) is 29.0 Å². The van der Waals surface area contributed by atoms with Crippen LogP contribution in [0.2, 0.25) is 0 Å². The van der Waals surface area contributed by atoms with Crippen LogP contribution in [0.25, 0.3) is 11.3 Å². The fourth-order valence-corrected chi connectivity index (χ4v) is 4.31.